The zero-order valence-electron chi connectivity index (χ0n) is 9.11. The van der Waals surface area contributed by atoms with Crippen LogP contribution in [-0.2, 0) is 0 Å². The van der Waals surface area contributed by atoms with E-state index in [0.717, 1.165) is 25.1 Å². The van der Waals surface area contributed by atoms with E-state index in [1.54, 1.807) is 6.07 Å². The van der Waals surface area contributed by atoms with Crippen molar-refractivity contribution >= 4 is 5.69 Å². The minimum Gasteiger partial charge on any atom is -0.506 e. The Hall–Kier alpha value is -1.22. The van der Waals surface area contributed by atoms with Crippen molar-refractivity contribution in [3.8, 4) is 5.75 Å². The molecule has 1 aromatic carbocycles. The Labute approximate surface area is 90.5 Å². The summed E-state index contributed by atoms with van der Waals surface area (Å²) in [4.78, 5) is 2.12. The third-order valence-corrected chi connectivity index (χ3v) is 3.20. The van der Waals surface area contributed by atoms with Gasteiger partial charge in [0.05, 0.1) is 5.69 Å². The summed E-state index contributed by atoms with van der Waals surface area (Å²) in [6.07, 6.45) is 2.13. The molecule has 0 aliphatic carbocycles. The lowest BCUT2D eigenvalue weighted by molar-refractivity contribution is 0.466. The molecule has 0 spiro atoms. The summed E-state index contributed by atoms with van der Waals surface area (Å²) in [6, 6.07) is 5.77. The molecule has 3 heteroatoms. The van der Waals surface area contributed by atoms with Gasteiger partial charge in [-0.15, -0.1) is 0 Å². The lowest BCUT2D eigenvalue weighted by atomic mass is 9.87. The van der Waals surface area contributed by atoms with Gasteiger partial charge < -0.3 is 15.7 Å². The fraction of sp³-hybridized carbons (Fsp3) is 0.500. The minimum atomic E-state index is 0.386. The van der Waals surface area contributed by atoms with Gasteiger partial charge in [0.1, 0.15) is 5.75 Å². The first kappa shape index (κ1) is 10.3. The molecule has 1 aliphatic heterocycles. The number of aromatic hydroxyl groups is 1. The molecule has 0 radical (unpaired) electrons. The third-order valence-electron chi connectivity index (χ3n) is 3.20. The number of phenolic OH excluding ortho intramolecular Hbond substituents is 1. The maximum absolute atomic E-state index is 9.84. The van der Waals surface area contributed by atoms with Gasteiger partial charge in [-0.05, 0) is 36.9 Å². The van der Waals surface area contributed by atoms with Gasteiger partial charge in [-0.2, -0.15) is 0 Å². The van der Waals surface area contributed by atoms with Crippen molar-refractivity contribution in [2.24, 2.45) is 5.73 Å². The molecular weight excluding hydrogens is 188 g/mol. The zero-order valence-corrected chi connectivity index (χ0v) is 9.11. The molecule has 2 rings (SSSR count). The first-order valence-electron chi connectivity index (χ1n) is 5.47. The van der Waals surface area contributed by atoms with Crippen LogP contribution in [0.2, 0.25) is 0 Å². The second-order valence-corrected chi connectivity index (χ2v) is 4.20. The van der Waals surface area contributed by atoms with E-state index in [2.05, 4.69) is 11.0 Å². The summed E-state index contributed by atoms with van der Waals surface area (Å²) in [5.41, 5.74) is 7.85. The SMILES string of the molecule is CN1CCC(CCN)c2cccc(O)c21. The number of hydrogen-bond acceptors (Lipinski definition) is 3. The summed E-state index contributed by atoms with van der Waals surface area (Å²) < 4.78 is 0. The molecule has 1 unspecified atom stereocenters. The number of hydrogen-bond donors (Lipinski definition) is 2. The van der Waals surface area contributed by atoms with E-state index in [4.69, 9.17) is 5.73 Å². The van der Waals surface area contributed by atoms with Crippen LogP contribution in [-0.4, -0.2) is 25.2 Å². The molecule has 82 valence electrons. The highest BCUT2D eigenvalue weighted by Gasteiger charge is 2.24. The topological polar surface area (TPSA) is 49.5 Å². The highest BCUT2D eigenvalue weighted by Crippen LogP contribution is 2.41. The van der Waals surface area contributed by atoms with E-state index in [9.17, 15) is 5.11 Å². The van der Waals surface area contributed by atoms with E-state index in [1.807, 2.05) is 13.1 Å². The van der Waals surface area contributed by atoms with Crippen molar-refractivity contribution in [2.45, 2.75) is 18.8 Å². The van der Waals surface area contributed by atoms with Crippen molar-refractivity contribution in [3.05, 3.63) is 23.8 Å². The van der Waals surface area contributed by atoms with Gasteiger partial charge in [0, 0.05) is 13.6 Å². The molecule has 1 aliphatic rings. The maximum Gasteiger partial charge on any atom is 0.139 e. The van der Waals surface area contributed by atoms with Gasteiger partial charge in [-0.3, -0.25) is 0 Å². The summed E-state index contributed by atoms with van der Waals surface area (Å²) in [7, 11) is 2.03. The van der Waals surface area contributed by atoms with E-state index in [-0.39, 0.29) is 0 Å². The lowest BCUT2D eigenvalue weighted by Gasteiger charge is -2.33. The summed E-state index contributed by atoms with van der Waals surface area (Å²) in [6.45, 7) is 1.71. The predicted molar refractivity (Wildman–Crippen MR) is 62.4 cm³/mol. The first-order chi connectivity index (χ1) is 7.24. The molecule has 1 aromatic rings. The van der Waals surface area contributed by atoms with Crippen LogP contribution in [0.4, 0.5) is 5.69 Å². The number of para-hydroxylation sites is 1. The van der Waals surface area contributed by atoms with E-state index < -0.39 is 0 Å². The molecule has 1 heterocycles. The fourth-order valence-electron chi connectivity index (χ4n) is 2.41. The highest BCUT2D eigenvalue weighted by atomic mass is 16.3. The van der Waals surface area contributed by atoms with Gasteiger partial charge in [0.2, 0.25) is 0 Å². The van der Waals surface area contributed by atoms with Gasteiger partial charge >= 0.3 is 0 Å². The standard InChI is InChI=1S/C12H18N2O/c1-14-8-6-9(5-7-13)10-3-2-4-11(15)12(10)14/h2-4,9,15H,5-8,13H2,1H3. The summed E-state index contributed by atoms with van der Waals surface area (Å²) in [5, 5.41) is 9.84. The van der Waals surface area contributed by atoms with Crippen molar-refractivity contribution in [2.75, 3.05) is 25.0 Å². The quantitative estimate of drug-likeness (QED) is 0.773. The van der Waals surface area contributed by atoms with Crippen LogP contribution in [0, 0.1) is 0 Å². The summed E-state index contributed by atoms with van der Waals surface area (Å²) >= 11 is 0. The van der Waals surface area contributed by atoms with Crippen molar-refractivity contribution in [1.82, 2.24) is 0 Å². The Morgan fingerprint density at radius 3 is 3.07 bits per heavy atom. The number of nitrogens with zero attached hydrogens (tertiary/aromatic N) is 1. The normalized spacial score (nSPS) is 20.1. The largest absolute Gasteiger partial charge is 0.506 e. The summed E-state index contributed by atoms with van der Waals surface area (Å²) in [5.74, 6) is 0.894. The number of fused-ring (bicyclic) bond motifs is 1. The van der Waals surface area contributed by atoms with Crippen molar-refractivity contribution < 1.29 is 5.11 Å². The average Bonchev–Trinajstić information content (AvgIpc) is 2.22. The number of rotatable bonds is 2. The van der Waals surface area contributed by atoms with Crippen LogP contribution < -0.4 is 10.6 Å². The molecule has 3 nitrogen and oxygen atoms in total. The first-order valence-corrected chi connectivity index (χ1v) is 5.47. The molecule has 3 N–H and O–H groups in total. The van der Waals surface area contributed by atoms with Crippen LogP contribution in [0.25, 0.3) is 0 Å². The monoisotopic (exact) mass is 206 g/mol. The van der Waals surface area contributed by atoms with E-state index in [1.165, 1.54) is 5.56 Å². The van der Waals surface area contributed by atoms with Crippen LogP contribution in [0.1, 0.15) is 24.3 Å². The lowest BCUT2D eigenvalue weighted by Crippen LogP contribution is -2.28. The molecule has 0 saturated carbocycles. The fourth-order valence-corrected chi connectivity index (χ4v) is 2.41. The Balaban J connectivity index is 2.41. The van der Waals surface area contributed by atoms with Crippen LogP contribution in [0.15, 0.2) is 18.2 Å². The number of anilines is 1. The van der Waals surface area contributed by atoms with Gasteiger partial charge in [-0.1, -0.05) is 12.1 Å². The Kier molecular flexibility index (Phi) is 2.82. The molecule has 0 aromatic heterocycles. The second-order valence-electron chi connectivity index (χ2n) is 4.20. The molecule has 0 amide bonds. The van der Waals surface area contributed by atoms with Gasteiger partial charge in [0.15, 0.2) is 0 Å². The maximum atomic E-state index is 9.84. The number of phenols is 1. The van der Waals surface area contributed by atoms with Crippen molar-refractivity contribution in [3.63, 3.8) is 0 Å². The van der Waals surface area contributed by atoms with E-state index >= 15 is 0 Å². The smallest absolute Gasteiger partial charge is 0.139 e. The minimum absolute atomic E-state index is 0.386. The molecule has 0 bridgehead atoms. The molecule has 1 atom stereocenters. The Morgan fingerprint density at radius 1 is 1.53 bits per heavy atom. The molecule has 15 heavy (non-hydrogen) atoms. The van der Waals surface area contributed by atoms with E-state index in [0.29, 0.717) is 18.2 Å². The van der Waals surface area contributed by atoms with Crippen molar-refractivity contribution in [1.29, 1.82) is 0 Å². The van der Waals surface area contributed by atoms with Gasteiger partial charge in [0.25, 0.3) is 0 Å². The third kappa shape index (κ3) is 1.79. The number of benzene rings is 1. The van der Waals surface area contributed by atoms with Crippen LogP contribution in [0.5, 0.6) is 5.75 Å². The molecular formula is C12H18N2O. The average molecular weight is 206 g/mol. The van der Waals surface area contributed by atoms with Gasteiger partial charge in [-0.25, -0.2) is 0 Å². The van der Waals surface area contributed by atoms with Crippen LogP contribution >= 0.6 is 0 Å². The zero-order chi connectivity index (χ0) is 10.8. The number of nitrogens with two attached hydrogens (primary N) is 1. The Morgan fingerprint density at radius 2 is 2.33 bits per heavy atom. The Bertz CT molecular complexity index is 351. The predicted octanol–water partition coefficient (Wildman–Crippen LogP) is 1.66. The molecule has 0 saturated heterocycles. The second kappa shape index (κ2) is 4.11. The highest BCUT2D eigenvalue weighted by molar-refractivity contribution is 5.65. The molecule has 0 fully saturated rings. The van der Waals surface area contributed by atoms with Crippen LogP contribution in [0.3, 0.4) is 0 Å².